The number of rotatable bonds is 4. The van der Waals surface area contributed by atoms with Gasteiger partial charge >= 0.3 is 5.97 Å². The van der Waals surface area contributed by atoms with E-state index < -0.39 is 17.8 Å². The molecule has 0 saturated carbocycles. The maximum atomic E-state index is 12.2. The van der Waals surface area contributed by atoms with Crippen molar-refractivity contribution in [2.24, 2.45) is 5.92 Å². The van der Waals surface area contributed by atoms with Crippen LogP contribution in [-0.2, 0) is 9.59 Å². The summed E-state index contributed by atoms with van der Waals surface area (Å²) >= 11 is 0. The Kier molecular flexibility index (Phi) is 5.03. The highest BCUT2D eigenvalue weighted by Crippen LogP contribution is 2.18. The minimum Gasteiger partial charge on any atom is -0.481 e. The number of carbonyl (C=O) groups is 2. The molecule has 2 rings (SSSR count). The third kappa shape index (κ3) is 3.79. The monoisotopic (exact) mass is 301 g/mol. The number of hydrogen-bond donors (Lipinski definition) is 2. The first-order valence-electron chi connectivity index (χ1n) is 6.77. The standard InChI is InChI=1S/C14H15N5O3/c15-8-11(9-18-14-16-4-1-5-17-14)12(20)19-6-2-10(3-7-19)13(21)22/h1,4-5,9-10H,2-3,6-7H2,(H,21,22)(H,16,17,18)/b11-9-. The first-order valence-corrected chi connectivity index (χ1v) is 6.77. The number of amides is 1. The molecule has 22 heavy (non-hydrogen) atoms. The number of nitrogens with one attached hydrogen (secondary N) is 1. The molecule has 1 saturated heterocycles. The van der Waals surface area contributed by atoms with E-state index in [0.29, 0.717) is 25.9 Å². The summed E-state index contributed by atoms with van der Waals surface area (Å²) in [6, 6.07) is 3.49. The van der Waals surface area contributed by atoms with Crippen LogP contribution in [0.3, 0.4) is 0 Å². The van der Waals surface area contributed by atoms with E-state index in [0.717, 1.165) is 0 Å². The predicted molar refractivity (Wildman–Crippen MR) is 76.3 cm³/mol. The van der Waals surface area contributed by atoms with Crippen molar-refractivity contribution in [3.8, 4) is 6.07 Å². The fourth-order valence-corrected chi connectivity index (χ4v) is 2.15. The molecule has 0 atom stereocenters. The van der Waals surface area contributed by atoms with Crippen LogP contribution in [0.1, 0.15) is 12.8 Å². The first-order chi connectivity index (χ1) is 10.6. The van der Waals surface area contributed by atoms with E-state index in [9.17, 15) is 9.59 Å². The van der Waals surface area contributed by atoms with Crippen LogP contribution in [0.15, 0.2) is 30.2 Å². The lowest BCUT2D eigenvalue weighted by Gasteiger charge is -2.29. The molecule has 1 amide bonds. The summed E-state index contributed by atoms with van der Waals surface area (Å²) in [5.41, 5.74) is -0.0683. The van der Waals surface area contributed by atoms with Crippen molar-refractivity contribution >= 4 is 17.8 Å². The fraction of sp³-hybridized carbons (Fsp3) is 0.357. The number of carboxylic acid groups (broad SMARTS) is 1. The second-order valence-electron chi connectivity index (χ2n) is 4.79. The van der Waals surface area contributed by atoms with Gasteiger partial charge in [-0.1, -0.05) is 0 Å². The summed E-state index contributed by atoms with van der Waals surface area (Å²) in [5.74, 6) is -1.40. The lowest BCUT2D eigenvalue weighted by Crippen LogP contribution is -2.40. The molecule has 8 heteroatoms. The van der Waals surface area contributed by atoms with Gasteiger partial charge in [0, 0.05) is 31.7 Å². The molecule has 114 valence electrons. The van der Waals surface area contributed by atoms with Crippen molar-refractivity contribution in [1.82, 2.24) is 14.9 Å². The topological polar surface area (TPSA) is 119 Å². The molecule has 2 heterocycles. The van der Waals surface area contributed by atoms with Crippen LogP contribution in [0.4, 0.5) is 5.95 Å². The molecular formula is C14H15N5O3. The number of carbonyl (C=O) groups excluding carboxylic acids is 1. The lowest BCUT2D eigenvalue weighted by atomic mass is 9.97. The van der Waals surface area contributed by atoms with E-state index in [2.05, 4.69) is 15.3 Å². The smallest absolute Gasteiger partial charge is 0.306 e. The molecule has 0 unspecified atom stereocenters. The second-order valence-corrected chi connectivity index (χ2v) is 4.79. The van der Waals surface area contributed by atoms with Gasteiger partial charge in [-0.25, -0.2) is 9.97 Å². The molecular weight excluding hydrogens is 286 g/mol. The highest BCUT2D eigenvalue weighted by atomic mass is 16.4. The largest absolute Gasteiger partial charge is 0.481 e. The third-order valence-corrected chi connectivity index (χ3v) is 3.39. The van der Waals surface area contributed by atoms with Gasteiger partial charge < -0.3 is 15.3 Å². The van der Waals surface area contributed by atoms with E-state index in [-0.39, 0.29) is 11.5 Å². The number of carboxylic acids is 1. The summed E-state index contributed by atoms with van der Waals surface area (Å²) in [6.07, 6.45) is 5.13. The minimum absolute atomic E-state index is 0.0683. The zero-order valence-corrected chi connectivity index (χ0v) is 11.8. The molecule has 0 bridgehead atoms. The summed E-state index contributed by atoms with van der Waals surface area (Å²) in [7, 11) is 0. The van der Waals surface area contributed by atoms with Crippen LogP contribution in [0.25, 0.3) is 0 Å². The molecule has 1 aliphatic heterocycles. The van der Waals surface area contributed by atoms with Crippen molar-refractivity contribution in [1.29, 1.82) is 5.26 Å². The highest BCUT2D eigenvalue weighted by Gasteiger charge is 2.28. The quantitative estimate of drug-likeness (QED) is 0.618. The normalized spacial score (nSPS) is 16.0. The molecule has 1 aromatic rings. The number of nitrogens with zero attached hydrogens (tertiary/aromatic N) is 4. The molecule has 0 aromatic carbocycles. The number of hydrogen-bond acceptors (Lipinski definition) is 6. The Labute approximate surface area is 127 Å². The molecule has 1 aromatic heterocycles. The van der Waals surface area contributed by atoms with Gasteiger partial charge in [0.15, 0.2) is 0 Å². The Hall–Kier alpha value is -2.95. The van der Waals surface area contributed by atoms with Crippen LogP contribution in [0, 0.1) is 17.2 Å². The molecule has 1 fully saturated rings. The molecule has 0 radical (unpaired) electrons. The van der Waals surface area contributed by atoms with Gasteiger partial charge in [0.2, 0.25) is 5.95 Å². The van der Waals surface area contributed by atoms with Gasteiger partial charge in [-0.3, -0.25) is 9.59 Å². The highest BCUT2D eigenvalue weighted by molar-refractivity contribution is 5.97. The Morgan fingerprint density at radius 3 is 2.55 bits per heavy atom. The third-order valence-electron chi connectivity index (χ3n) is 3.39. The van der Waals surface area contributed by atoms with Gasteiger partial charge in [-0.15, -0.1) is 0 Å². The van der Waals surface area contributed by atoms with Crippen molar-refractivity contribution in [3.05, 3.63) is 30.2 Å². The Bertz CT molecular complexity index is 615. The van der Waals surface area contributed by atoms with Crippen LogP contribution in [0.2, 0.25) is 0 Å². The fourth-order valence-electron chi connectivity index (χ4n) is 2.15. The van der Waals surface area contributed by atoms with Gasteiger partial charge in [0.05, 0.1) is 5.92 Å². The summed E-state index contributed by atoms with van der Waals surface area (Å²) < 4.78 is 0. The average Bonchev–Trinajstić information content (AvgIpc) is 2.56. The molecule has 0 aliphatic carbocycles. The summed E-state index contributed by atoms with van der Waals surface area (Å²) in [4.78, 5) is 32.5. The van der Waals surface area contributed by atoms with E-state index in [1.807, 2.05) is 6.07 Å². The molecule has 1 aliphatic rings. The van der Waals surface area contributed by atoms with E-state index >= 15 is 0 Å². The van der Waals surface area contributed by atoms with Crippen molar-refractivity contribution in [2.45, 2.75) is 12.8 Å². The van der Waals surface area contributed by atoms with Gasteiger partial charge in [0.25, 0.3) is 5.91 Å². The Balaban J connectivity index is 1.98. The molecule has 8 nitrogen and oxygen atoms in total. The zero-order chi connectivity index (χ0) is 15.9. The van der Waals surface area contributed by atoms with Crippen molar-refractivity contribution < 1.29 is 14.7 Å². The maximum Gasteiger partial charge on any atom is 0.306 e. The van der Waals surface area contributed by atoms with Gasteiger partial charge in [-0.2, -0.15) is 5.26 Å². The van der Waals surface area contributed by atoms with Crippen LogP contribution in [0.5, 0.6) is 0 Å². The van der Waals surface area contributed by atoms with Gasteiger partial charge in [0.1, 0.15) is 11.6 Å². The van der Waals surface area contributed by atoms with Crippen molar-refractivity contribution in [2.75, 3.05) is 18.4 Å². The zero-order valence-electron chi connectivity index (χ0n) is 11.8. The second kappa shape index (κ2) is 7.17. The Morgan fingerprint density at radius 1 is 1.36 bits per heavy atom. The molecule has 0 spiro atoms. The van der Waals surface area contributed by atoms with Crippen LogP contribution < -0.4 is 5.32 Å². The van der Waals surface area contributed by atoms with Crippen LogP contribution in [-0.4, -0.2) is 44.9 Å². The number of aliphatic carboxylic acids is 1. The van der Waals surface area contributed by atoms with E-state index in [1.165, 1.54) is 23.5 Å². The van der Waals surface area contributed by atoms with E-state index in [4.69, 9.17) is 10.4 Å². The van der Waals surface area contributed by atoms with Crippen LogP contribution >= 0.6 is 0 Å². The van der Waals surface area contributed by atoms with E-state index in [1.54, 1.807) is 6.07 Å². The molecule has 2 N–H and O–H groups in total. The summed E-state index contributed by atoms with van der Waals surface area (Å²) in [6.45, 7) is 0.660. The van der Waals surface area contributed by atoms with Gasteiger partial charge in [-0.05, 0) is 18.9 Å². The maximum absolute atomic E-state index is 12.2. The first kappa shape index (κ1) is 15.4. The lowest BCUT2D eigenvalue weighted by molar-refractivity contribution is -0.145. The SMILES string of the molecule is N#C/C(=C/Nc1ncccn1)C(=O)N1CCC(C(=O)O)CC1. The number of anilines is 1. The minimum atomic E-state index is -0.842. The average molecular weight is 301 g/mol. The number of likely N-dealkylation sites (tertiary alicyclic amines) is 1. The number of nitriles is 1. The number of piperidine rings is 1. The summed E-state index contributed by atoms with van der Waals surface area (Å²) in [5, 5.41) is 20.7. The Morgan fingerprint density at radius 2 is 2.00 bits per heavy atom. The van der Waals surface area contributed by atoms with Crippen molar-refractivity contribution in [3.63, 3.8) is 0 Å². The predicted octanol–water partition coefficient (Wildman–Crippen LogP) is 0.619. The number of aromatic nitrogens is 2.